The Kier molecular flexibility index (Phi) is 8.74. The van der Waals surface area contributed by atoms with Gasteiger partial charge in [-0.1, -0.05) is 73.8 Å². The molecule has 0 fully saturated rings. The van der Waals surface area contributed by atoms with E-state index in [0.717, 1.165) is 27.8 Å². The minimum Gasteiger partial charge on any atom is -0.462 e. The number of halogens is 1. The van der Waals surface area contributed by atoms with Crippen molar-refractivity contribution in [2.45, 2.75) is 26.7 Å². The number of hydrogen-bond acceptors (Lipinski definition) is 4. The molecular weight excluding hydrogens is 443 g/mol. The van der Waals surface area contributed by atoms with Crippen LogP contribution in [0, 0.1) is 5.82 Å². The van der Waals surface area contributed by atoms with Gasteiger partial charge in [-0.05, 0) is 47.7 Å². The summed E-state index contributed by atoms with van der Waals surface area (Å²) >= 11 is 0. The first-order chi connectivity index (χ1) is 16.7. The molecule has 4 nitrogen and oxygen atoms in total. The molecule has 0 bridgehead atoms. The quantitative estimate of drug-likeness (QED) is 0.250. The van der Waals surface area contributed by atoms with Gasteiger partial charge in [0.1, 0.15) is 5.82 Å². The van der Waals surface area contributed by atoms with Gasteiger partial charge in [-0.3, -0.25) is 0 Å². The standard InChI is InChI=1S/C30H29FO4/c1-20(2)29(32)34-17-15-22-5-9-24(10-6-22)26-13-14-27(28(31)19-26)25-11-7-23(8-12-25)16-18-35-30(33)21(3)4/h5-14,19H,1,3,15-18H2,2,4H3. The Bertz CT molecular complexity index is 1220. The molecule has 0 spiro atoms. The smallest absolute Gasteiger partial charge is 0.333 e. The normalized spacial score (nSPS) is 10.5. The lowest BCUT2D eigenvalue weighted by molar-refractivity contribution is -0.139. The summed E-state index contributed by atoms with van der Waals surface area (Å²) in [6.07, 6.45) is 1.17. The van der Waals surface area contributed by atoms with Gasteiger partial charge in [-0.2, -0.15) is 0 Å². The van der Waals surface area contributed by atoms with E-state index in [2.05, 4.69) is 13.2 Å². The van der Waals surface area contributed by atoms with Crippen LogP contribution in [-0.2, 0) is 31.9 Å². The lowest BCUT2D eigenvalue weighted by atomic mass is 9.98. The van der Waals surface area contributed by atoms with Crippen LogP contribution in [0.2, 0.25) is 0 Å². The van der Waals surface area contributed by atoms with Crippen molar-refractivity contribution < 1.29 is 23.5 Å². The first-order valence-electron chi connectivity index (χ1n) is 11.4. The molecule has 3 rings (SSSR count). The van der Waals surface area contributed by atoms with Gasteiger partial charge in [0, 0.05) is 29.6 Å². The van der Waals surface area contributed by atoms with Crippen LogP contribution >= 0.6 is 0 Å². The van der Waals surface area contributed by atoms with Gasteiger partial charge in [0.15, 0.2) is 0 Å². The lowest BCUT2D eigenvalue weighted by Gasteiger charge is -2.09. The highest BCUT2D eigenvalue weighted by Crippen LogP contribution is 2.28. The molecule has 0 saturated heterocycles. The van der Waals surface area contributed by atoms with E-state index >= 15 is 0 Å². The summed E-state index contributed by atoms with van der Waals surface area (Å²) in [5.74, 6) is -1.10. The zero-order valence-electron chi connectivity index (χ0n) is 20.1. The second-order valence-corrected chi connectivity index (χ2v) is 8.42. The van der Waals surface area contributed by atoms with E-state index in [0.29, 0.717) is 29.6 Å². The Morgan fingerprint density at radius 2 is 1.11 bits per heavy atom. The van der Waals surface area contributed by atoms with Gasteiger partial charge in [0.25, 0.3) is 0 Å². The third kappa shape index (κ3) is 7.24. The lowest BCUT2D eigenvalue weighted by Crippen LogP contribution is -2.07. The Morgan fingerprint density at radius 1 is 0.686 bits per heavy atom. The summed E-state index contributed by atoms with van der Waals surface area (Å²) in [5.41, 5.74) is 5.74. The van der Waals surface area contributed by atoms with Gasteiger partial charge in [0.05, 0.1) is 13.2 Å². The Morgan fingerprint density at radius 3 is 1.54 bits per heavy atom. The van der Waals surface area contributed by atoms with E-state index in [9.17, 15) is 14.0 Å². The van der Waals surface area contributed by atoms with Crippen LogP contribution in [0.5, 0.6) is 0 Å². The van der Waals surface area contributed by atoms with Gasteiger partial charge in [-0.15, -0.1) is 0 Å². The third-order valence-corrected chi connectivity index (χ3v) is 5.47. The van der Waals surface area contributed by atoms with Crippen molar-refractivity contribution in [2.24, 2.45) is 0 Å². The first kappa shape index (κ1) is 25.6. The number of carbonyl (C=O) groups excluding carboxylic acids is 2. The van der Waals surface area contributed by atoms with Crippen LogP contribution in [0.4, 0.5) is 4.39 Å². The number of benzene rings is 3. The largest absolute Gasteiger partial charge is 0.462 e. The van der Waals surface area contributed by atoms with Crippen molar-refractivity contribution in [3.8, 4) is 22.3 Å². The molecule has 0 radical (unpaired) electrons. The van der Waals surface area contributed by atoms with Crippen molar-refractivity contribution in [3.05, 3.63) is 108 Å². The molecule has 5 heteroatoms. The number of esters is 2. The third-order valence-electron chi connectivity index (χ3n) is 5.47. The molecule has 0 aliphatic rings. The highest BCUT2D eigenvalue weighted by Gasteiger charge is 2.09. The number of carbonyl (C=O) groups is 2. The summed E-state index contributed by atoms with van der Waals surface area (Å²) in [6, 6.07) is 20.5. The summed E-state index contributed by atoms with van der Waals surface area (Å²) < 4.78 is 25.2. The average molecular weight is 473 g/mol. The SMILES string of the molecule is C=C(C)C(=O)OCCc1ccc(-c2ccc(-c3ccc(CCOC(=O)C(=C)C)cc3)c(F)c2)cc1. The average Bonchev–Trinajstić information content (AvgIpc) is 2.84. The molecule has 180 valence electrons. The van der Waals surface area contributed by atoms with Crippen molar-refractivity contribution in [2.75, 3.05) is 13.2 Å². The fourth-order valence-electron chi connectivity index (χ4n) is 3.41. The van der Waals surface area contributed by atoms with Crippen LogP contribution in [0.25, 0.3) is 22.3 Å². The first-order valence-corrected chi connectivity index (χ1v) is 11.4. The van der Waals surface area contributed by atoms with E-state index in [1.54, 1.807) is 19.9 Å². The Labute approximate surface area is 205 Å². The maximum atomic E-state index is 15.0. The van der Waals surface area contributed by atoms with Crippen LogP contribution in [0.1, 0.15) is 25.0 Å². The number of hydrogen-bond donors (Lipinski definition) is 0. The van der Waals surface area contributed by atoms with E-state index in [4.69, 9.17) is 9.47 Å². The fraction of sp³-hybridized carbons (Fsp3) is 0.200. The number of ether oxygens (including phenoxy) is 2. The van der Waals surface area contributed by atoms with Gasteiger partial charge >= 0.3 is 11.9 Å². The maximum Gasteiger partial charge on any atom is 0.333 e. The summed E-state index contributed by atoms with van der Waals surface area (Å²) in [7, 11) is 0. The minimum atomic E-state index is -0.400. The van der Waals surface area contributed by atoms with E-state index in [1.807, 2.05) is 54.6 Å². The van der Waals surface area contributed by atoms with Gasteiger partial charge in [0.2, 0.25) is 0 Å². The number of rotatable bonds is 10. The molecule has 3 aromatic carbocycles. The molecule has 0 aromatic heterocycles. The van der Waals surface area contributed by atoms with Gasteiger partial charge in [-0.25, -0.2) is 14.0 Å². The van der Waals surface area contributed by atoms with Crippen LogP contribution in [0.3, 0.4) is 0 Å². The topological polar surface area (TPSA) is 52.6 Å². The maximum absolute atomic E-state index is 15.0. The molecule has 0 N–H and O–H groups in total. The minimum absolute atomic E-state index is 0.270. The van der Waals surface area contributed by atoms with Crippen molar-refractivity contribution >= 4 is 11.9 Å². The zero-order chi connectivity index (χ0) is 25.4. The van der Waals surface area contributed by atoms with E-state index < -0.39 is 11.9 Å². The molecule has 0 aliphatic carbocycles. The fourth-order valence-corrected chi connectivity index (χ4v) is 3.41. The summed E-state index contributed by atoms with van der Waals surface area (Å²) in [6.45, 7) is 10.9. The molecule has 0 aliphatic heterocycles. The second-order valence-electron chi connectivity index (χ2n) is 8.42. The highest BCUT2D eigenvalue weighted by molar-refractivity contribution is 5.87. The monoisotopic (exact) mass is 472 g/mol. The molecule has 0 heterocycles. The molecule has 0 atom stereocenters. The van der Waals surface area contributed by atoms with Crippen molar-refractivity contribution in [3.63, 3.8) is 0 Å². The Balaban J connectivity index is 1.61. The van der Waals surface area contributed by atoms with Crippen LogP contribution < -0.4 is 0 Å². The zero-order valence-corrected chi connectivity index (χ0v) is 20.1. The van der Waals surface area contributed by atoms with Gasteiger partial charge < -0.3 is 9.47 Å². The Hall–Kier alpha value is -3.99. The van der Waals surface area contributed by atoms with Crippen molar-refractivity contribution in [1.82, 2.24) is 0 Å². The van der Waals surface area contributed by atoms with Crippen LogP contribution in [0.15, 0.2) is 91.0 Å². The van der Waals surface area contributed by atoms with Crippen molar-refractivity contribution in [1.29, 1.82) is 0 Å². The predicted molar refractivity (Wildman–Crippen MR) is 136 cm³/mol. The molecular formula is C30H29FO4. The molecule has 3 aromatic rings. The summed E-state index contributed by atoms with van der Waals surface area (Å²) in [4.78, 5) is 22.9. The molecule has 35 heavy (non-hydrogen) atoms. The second kappa shape index (κ2) is 11.9. The predicted octanol–water partition coefficient (Wildman–Crippen LogP) is 6.48. The van der Waals surface area contributed by atoms with Crippen LogP contribution in [-0.4, -0.2) is 25.2 Å². The van der Waals surface area contributed by atoms with E-state index in [1.165, 1.54) is 6.07 Å². The summed E-state index contributed by atoms with van der Waals surface area (Å²) in [5, 5.41) is 0. The highest BCUT2D eigenvalue weighted by atomic mass is 19.1. The van der Waals surface area contributed by atoms with E-state index in [-0.39, 0.29) is 19.0 Å². The molecule has 0 amide bonds. The molecule has 0 unspecified atom stereocenters. The molecule has 0 saturated carbocycles.